The van der Waals surface area contributed by atoms with Crippen LogP contribution < -0.4 is 4.72 Å². The van der Waals surface area contributed by atoms with Crippen molar-refractivity contribution in [2.75, 3.05) is 19.6 Å². The van der Waals surface area contributed by atoms with Gasteiger partial charge in [0.15, 0.2) is 0 Å². The maximum atomic E-state index is 12.3. The second-order valence-electron chi connectivity index (χ2n) is 5.74. The predicted molar refractivity (Wildman–Crippen MR) is 79.3 cm³/mol. The van der Waals surface area contributed by atoms with Gasteiger partial charge >= 0.3 is 0 Å². The Morgan fingerprint density at radius 1 is 1.25 bits per heavy atom. The first-order valence-corrected chi connectivity index (χ1v) is 8.90. The highest BCUT2D eigenvalue weighted by Crippen LogP contribution is 2.31. The molecule has 1 heterocycles. The molecule has 2 fully saturated rings. The maximum Gasteiger partial charge on any atom is 0.242 e. The Kier molecular flexibility index (Phi) is 4.04. The Morgan fingerprint density at radius 2 is 2.00 bits per heavy atom. The van der Waals surface area contributed by atoms with Crippen LogP contribution in [0.1, 0.15) is 19.3 Å². The molecule has 0 radical (unpaired) electrons. The Labute approximate surface area is 125 Å². The Bertz CT molecular complexity index is 587. The van der Waals surface area contributed by atoms with E-state index in [1.807, 2.05) is 0 Å². The highest BCUT2D eigenvalue weighted by atomic mass is 35.5. The molecule has 2 aliphatic rings. The number of nitrogens with zero attached hydrogens (tertiary/aromatic N) is 1. The zero-order chi connectivity index (χ0) is 14.2. The summed E-state index contributed by atoms with van der Waals surface area (Å²) in [5.41, 5.74) is 0. The van der Waals surface area contributed by atoms with Crippen LogP contribution in [0.2, 0.25) is 5.02 Å². The summed E-state index contributed by atoms with van der Waals surface area (Å²) >= 11 is 5.97. The van der Waals surface area contributed by atoms with Crippen molar-refractivity contribution in [1.29, 1.82) is 0 Å². The molecule has 1 aliphatic heterocycles. The third-order valence-corrected chi connectivity index (χ3v) is 5.95. The summed E-state index contributed by atoms with van der Waals surface area (Å²) in [6, 6.07) is 6.56. The fourth-order valence-corrected chi connectivity index (χ4v) is 4.49. The molecule has 4 nitrogen and oxygen atoms in total. The molecule has 1 aromatic rings. The normalized spacial score (nSPS) is 24.1. The Balaban J connectivity index is 1.63. The zero-order valence-electron chi connectivity index (χ0n) is 11.3. The van der Waals surface area contributed by atoms with Crippen LogP contribution in [0.25, 0.3) is 0 Å². The largest absolute Gasteiger partial charge is 0.301 e. The molecule has 1 aliphatic carbocycles. The number of rotatable bonds is 5. The van der Waals surface area contributed by atoms with E-state index in [-0.39, 0.29) is 16.0 Å². The standard InChI is InChI=1S/C14H19ClN2O2S/c15-13-3-1-2-4-14(13)20(18,19)16-12-7-8-17(10-12)9-11-5-6-11/h1-4,11-12,16H,5-10H2/t12-/m1/s1. The van der Waals surface area contributed by atoms with Crippen molar-refractivity contribution in [2.45, 2.75) is 30.2 Å². The summed E-state index contributed by atoms with van der Waals surface area (Å²) in [5.74, 6) is 0.842. The predicted octanol–water partition coefficient (Wildman–Crippen LogP) is 2.10. The Morgan fingerprint density at radius 3 is 2.70 bits per heavy atom. The second kappa shape index (κ2) is 5.64. The van der Waals surface area contributed by atoms with Crippen molar-refractivity contribution < 1.29 is 8.42 Å². The maximum absolute atomic E-state index is 12.3. The van der Waals surface area contributed by atoms with Gasteiger partial charge in [-0.25, -0.2) is 13.1 Å². The molecule has 1 saturated carbocycles. The van der Waals surface area contributed by atoms with Crippen LogP contribution in [0.3, 0.4) is 0 Å². The molecule has 3 rings (SSSR count). The minimum atomic E-state index is -3.52. The third kappa shape index (κ3) is 3.34. The molecule has 0 amide bonds. The monoisotopic (exact) mass is 314 g/mol. The summed E-state index contributed by atoms with van der Waals surface area (Å²) in [6.07, 6.45) is 3.52. The second-order valence-corrected chi connectivity index (χ2v) is 7.83. The van der Waals surface area contributed by atoms with Crippen molar-refractivity contribution >= 4 is 21.6 Å². The van der Waals surface area contributed by atoms with Crippen LogP contribution in [0.5, 0.6) is 0 Å². The lowest BCUT2D eigenvalue weighted by Gasteiger charge is -2.16. The summed E-state index contributed by atoms with van der Waals surface area (Å²) in [7, 11) is -3.52. The summed E-state index contributed by atoms with van der Waals surface area (Å²) in [5, 5.41) is 0.271. The number of likely N-dealkylation sites (tertiary alicyclic amines) is 1. The van der Waals surface area contributed by atoms with Crippen LogP contribution in [0, 0.1) is 5.92 Å². The minimum Gasteiger partial charge on any atom is -0.301 e. The number of hydrogen-bond donors (Lipinski definition) is 1. The van der Waals surface area contributed by atoms with E-state index in [4.69, 9.17) is 11.6 Å². The molecule has 1 atom stereocenters. The van der Waals surface area contributed by atoms with Crippen molar-refractivity contribution in [2.24, 2.45) is 5.92 Å². The molecule has 0 bridgehead atoms. The van der Waals surface area contributed by atoms with Gasteiger partial charge in [0.25, 0.3) is 0 Å². The SMILES string of the molecule is O=S(=O)(N[C@@H]1CCN(CC2CC2)C1)c1ccccc1Cl. The molecule has 20 heavy (non-hydrogen) atoms. The molecule has 0 spiro atoms. The molecular weight excluding hydrogens is 296 g/mol. The molecule has 6 heteroatoms. The van der Waals surface area contributed by atoms with Gasteiger partial charge in [-0.15, -0.1) is 0 Å². The topological polar surface area (TPSA) is 49.4 Å². The smallest absolute Gasteiger partial charge is 0.242 e. The van der Waals surface area contributed by atoms with E-state index in [2.05, 4.69) is 9.62 Å². The van der Waals surface area contributed by atoms with Gasteiger partial charge < -0.3 is 4.90 Å². The van der Waals surface area contributed by atoms with Gasteiger partial charge in [0.1, 0.15) is 4.90 Å². The van der Waals surface area contributed by atoms with Gasteiger partial charge in [-0.2, -0.15) is 0 Å². The van der Waals surface area contributed by atoms with E-state index in [9.17, 15) is 8.42 Å². The lowest BCUT2D eigenvalue weighted by Crippen LogP contribution is -2.37. The van der Waals surface area contributed by atoms with Gasteiger partial charge in [0.2, 0.25) is 10.0 Å². The molecule has 1 saturated heterocycles. The van der Waals surface area contributed by atoms with Crippen molar-refractivity contribution in [3.8, 4) is 0 Å². The van der Waals surface area contributed by atoms with E-state index in [1.54, 1.807) is 24.3 Å². The minimum absolute atomic E-state index is 0.00461. The molecular formula is C14H19ClN2O2S. The Hall–Kier alpha value is -0.620. The van der Waals surface area contributed by atoms with E-state index < -0.39 is 10.0 Å². The fraction of sp³-hybridized carbons (Fsp3) is 0.571. The molecule has 0 unspecified atom stereocenters. The average Bonchev–Trinajstić information content (AvgIpc) is 3.09. The van der Waals surface area contributed by atoms with Gasteiger partial charge in [-0.1, -0.05) is 23.7 Å². The first-order valence-electron chi connectivity index (χ1n) is 7.04. The van der Waals surface area contributed by atoms with Crippen LogP contribution in [0.15, 0.2) is 29.2 Å². The van der Waals surface area contributed by atoms with Gasteiger partial charge in [-0.05, 0) is 43.9 Å². The van der Waals surface area contributed by atoms with Gasteiger partial charge in [0, 0.05) is 19.1 Å². The molecule has 1 N–H and O–H groups in total. The van der Waals surface area contributed by atoms with Crippen LogP contribution in [-0.2, 0) is 10.0 Å². The van der Waals surface area contributed by atoms with Crippen molar-refractivity contribution in [3.05, 3.63) is 29.3 Å². The number of sulfonamides is 1. The van der Waals surface area contributed by atoms with Crippen LogP contribution in [0.4, 0.5) is 0 Å². The van der Waals surface area contributed by atoms with Crippen LogP contribution in [-0.4, -0.2) is 39.0 Å². The number of nitrogens with one attached hydrogen (secondary N) is 1. The number of halogens is 1. The van der Waals surface area contributed by atoms with Gasteiger partial charge in [-0.3, -0.25) is 0 Å². The first-order chi connectivity index (χ1) is 9.54. The van der Waals surface area contributed by atoms with E-state index in [0.29, 0.717) is 0 Å². The van der Waals surface area contributed by atoms with Crippen molar-refractivity contribution in [3.63, 3.8) is 0 Å². The van der Waals surface area contributed by atoms with Crippen molar-refractivity contribution in [1.82, 2.24) is 9.62 Å². The quantitative estimate of drug-likeness (QED) is 0.905. The summed E-state index contributed by atoms with van der Waals surface area (Å²) in [4.78, 5) is 2.53. The molecule has 110 valence electrons. The van der Waals surface area contributed by atoms with E-state index in [0.717, 1.165) is 32.0 Å². The fourth-order valence-electron chi connectivity index (χ4n) is 2.71. The highest BCUT2D eigenvalue weighted by molar-refractivity contribution is 7.89. The number of benzene rings is 1. The summed E-state index contributed by atoms with van der Waals surface area (Å²) in [6.45, 7) is 2.90. The lowest BCUT2D eigenvalue weighted by molar-refractivity contribution is 0.318. The average molecular weight is 315 g/mol. The van der Waals surface area contributed by atoms with Crippen LogP contribution >= 0.6 is 11.6 Å². The highest BCUT2D eigenvalue weighted by Gasteiger charge is 2.31. The zero-order valence-corrected chi connectivity index (χ0v) is 12.8. The van der Waals surface area contributed by atoms with Gasteiger partial charge in [0.05, 0.1) is 5.02 Å². The van der Waals surface area contributed by atoms with E-state index in [1.165, 1.54) is 12.8 Å². The molecule has 1 aromatic carbocycles. The third-order valence-electron chi connectivity index (χ3n) is 3.93. The summed E-state index contributed by atoms with van der Waals surface area (Å²) < 4.78 is 27.5. The number of hydrogen-bond acceptors (Lipinski definition) is 3. The first kappa shape index (κ1) is 14.3. The van der Waals surface area contributed by atoms with E-state index >= 15 is 0 Å². The molecule has 0 aromatic heterocycles. The lowest BCUT2D eigenvalue weighted by atomic mass is 10.3.